The van der Waals surface area contributed by atoms with Gasteiger partial charge in [0.15, 0.2) is 0 Å². The van der Waals surface area contributed by atoms with Crippen LogP contribution in [0, 0.1) is 5.82 Å². The van der Waals surface area contributed by atoms with Gasteiger partial charge in [-0.3, -0.25) is 0 Å². The van der Waals surface area contributed by atoms with E-state index >= 15 is 0 Å². The number of benzene rings is 1. The molecular formula is C13H12Cl2FNS. The number of hydrogen-bond donors (Lipinski definition) is 1. The number of rotatable bonds is 4. The fourth-order valence-electron chi connectivity index (χ4n) is 1.76. The average Bonchev–Trinajstić information content (AvgIpc) is 2.68. The smallest absolute Gasteiger partial charge is 0.124 e. The molecule has 2 rings (SSSR count). The van der Waals surface area contributed by atoms with Crippen LogP contribution in [0.3, 0.4) is 0 Å². The van der Waals surface area contributed by atoms with Gasteiger partial charge in [-0.25, -0.2) is 4.39 Å². The zero-order chi connectivity index (χ0) is 13.1. The molecule has 0 radical (unpaired) electrons. The number of nitrogens with two attached hydrogens (primary N) is 1. The molecule has 1 nitrogen and oxygen atoms in total. The van der Waals surface area contributed by atoms with Gasteiger partial charge < -0.3 is 5.73 Å². The second-order valence-electron chi connectivity index (χ2n) is 4.11. The van der Waals surface area contributed by atoms with Gasteiger partial charge in [0.05, 0.1) is 4.34 Å². The number of halogens is 3. The predicted octanol–water partition coefficient (Wildman–Crippen LogP) is 4.31. The Bertz CT molecular complexity index is 542. The van der Waals surface area contributed by atoms with Crippen LogP contribution in [0.5, 0.6) is 0 Å². The molecule has 1 atom stereocenters. The summed E-state index contributed by atoms with van der Waals surface area (Å²) >= 11 is 13.4. The van der Waals surface area contributed by atoms with Gasteiger partial charge in [0.2, 0.25) is 0 Å². The minimum atomic E-state index is -0.331. The molecule has 0 bridgehead atoms. The topological polar surface area (TPSA) is 26.0 Å². The molecule has 96 valence electrons. The molecule has 5 heteroatoms. The quantitative estimate of drug-likeness (QED) is 0.895. The van der Waals surface area contributed by atoms with Crippen molar-refractivity contribution < 1.29 is 4.39 Å². The van der Waals surface area contributed by atoms with Crippen LogP contribution in [-0.2, 0) is 12.8 Å². The molecule has 2 aromatic rings. The van der Waals surface area contributed by atoms with E-state index in [1.165, 1.54) is 23.5 Å². The van der Waals surface area contributed by atoms with Crippen molar-refractivity contribution in [3.05, 3.63) is 55.9 Å². The maximum atomic E-state index is 12.9. The van der Waals surface area contributed by atoms with E-state index in [2.05, 4.69) is 0 Å². The summed E-state index contributed by atoms with van der Waals surface area (Å²) in [6.45, 7) is 0. The zero-order valence-corrected chi connectivity index (χ0v) is 11.8. The molecule has 18 heavy (non-hydrogen) atoms. The molecule has 2 N–H and O–H groups in total. The zero-order valence-electron chi connectivity index (χ0n) is 9.50. The third-order valence-corrected chi connectivity index (χ3v) is 4.19. The van der Waals surface area contributed by atoms with Gasteiger partial charge in [-0.15, -0.1) is 11.3 Å². The van der Waals surface area contributed by atoms with Gasteiger partial charge in [0, 0.05) is 15.9 Å². The summed E-state index contributed by atoms with van der Waals surface area (Å²) < 4.78 is 13.7. The van der Waals surface area contributed by atoms with E-state index in [1.54, 1.807) is 6.07 Å². The van der Waals surface area contributed by atoms with E-state index in [1.807, 2.05) is 12.1 Å². The molecule has 0 aliphatic carbocycles. The van der Waals surface area contributed by atoms with Crippen molar-refractivity contribution in [3.8, 4) is 0 Å². The Morgan fingerprint density at radius 3 is 2.56 bits per heavy atom. The lowest BCUT2D eigenvalue weighted by molar-refractivity contribution is 0.624. The Balaban J connectivity index is 2.00. The highest BCUT2D eigenvalue weighted by atomic mass is 35.5. The van der Waals surface area contributed by atoms with Crippen LogP contribution < -0.4 is 5.73 Å². The second-order valence-corrected chi connectivity index (χ2v) is 6.32. The van der Waals surface area contributed by atoms with Crippen LogP contribution in [-0.4, -0.2) is 6.04 Å². The molecule has 0 fully saturated rings. The fraction of sp³-hybridized carbons (Fsp3) is 0.231. The summed E-state index contributed by atoms with van der Waals surface area (Å²) in [4.78, 5) is 1.14. The predicted molar refractivity (Wildman–Crippen MR) is 76.1 cm³/mol. The van der Waals surface area contributed by atoms with Gasteiger partial charge >= 0.3 is 0 Å². The highest BCUT2D eigenvalue weighted by Gasteiger charge is 2.10. The molecule has 1 unspecified atom stereocenters. The summed E-state index contributed by atoms with van der Waals surface area (Å²) in [5.41, 5.74) is 6.93. The fourth-order valence-corrected chi connectivity index (χ4v) is 3.19. The van der Waals surface area contributed by atoms with Crippen LogP contribution >= 0.6 is 34.5 Å². The molecule has 0 saturated heterocycles. The van der Waals surface area contributed by atoms with Crippen LogP contribution in [0.2, 0.25) is 9.36 Å². The molecule has 0 aliphatic rings. The molecule has 0 spiro atoms. The van der Waals surface area contributed by atoms with Gasteiger partial charge in [0.1, 0.15) is 5.82 Å². The van der Waals surface area contributed by atoms with Crippen molar-refractivity contribution >= 4 is 34.5 Å². The van der Waals surface area contributed by atoms with Crippen LogP contribution in [0.1, 0.15) is 10.4 Å². The van der Waals surface area contributed by atoms with Crippen molar-refractivity contribution in [1.29, 1.82) is 0 Å². The maximum absolute atomic E-state index is 12.9. The molecule has 1 heterocycles. The van der Waals surface area contributed by atoms with Gasteiger partial charge in [-0.05, 0) is 42.7 Å². The number of thiophene rings is 1. The standard InChI is InChI=1S/C13H12Cl2FNS/c14-12-6-9(16)2-1-8(12)5-10(17)7-11-3-4-13(15)18-11/h1-4,6,10H,5,7,17H2. The van der Waals surface area contributed by atoms with Crippen molar-refractivity contribution in [2.75, 3.05) is 0 Å². The van der Waals surface area contributed by atoms with Crippen molar-refractivity contribution in [2.45, 2.75) is 18.9 Å². The van der Waals surface area contributed by atoms with Crippen LogP contribution in [0.15, 0.2) is 30.3 Å². The van der Waals surface area contributed by atoms with E-state index < -0.39 is 0 Å². The summed E-state index contributed by atoms with van der Waals surface area (Å²) in [5.74, 6) is -0.331. The molecule has 0 aliphatic heterocycles. The van der Waals surface area contributed by atoms with E-state index in [4.69, 9.17) is 28.9 Å². The van der Waals surface area contributed by atoms with E-state index in [9.17, 15) is 4.39 Å². The SMILES string of the molecule is NC(Cc1ccc(Cl)s1)Cc1ccc(F)cc1Cl. The molecular weight excluding hydrogens is 292 g/mol. The third-order valence-electron chi connectivity index (χ3n) is 2.59. The molecule has 0 saturated carbocycles. The lowest BCUT2D eigenvalue weighted by Gasteiger charge is -2.11. The highest BCUT2D eigenvalue weighted by Crippen LogP contribution is 2.24. The minimum absolute atomic E-state index is 0.0531. The first kappa shape index (κ1) is 13.8. The summed E-state index contributed by atoms with van der Waals surface area (Å²) in [6, 6.07) is 8.17. The van der Waals surface area contributed by atoms with E-state index in [-0.39, 0.29) is 11.9 Å². The summed E-state index contributed by atoms with van der Waals surface area (Å²) in [7, 11) is 0. The highest BCUT2D eigenvalue weighted by molar-refractivity contribution is 7.16. The maximum Gasteiger partial charge on any atom is 0.124 e. The summed E-state index contributed by atoms with van der Waals surface area (Å²) in [5, 5.41) is 0.426. The molecule has 1 aromatic heterocycles. The van der Waals surface area contributed by atoms with Gasteiger partial charge in [0.25, 0.3) is 0 Å². The van der Waals surface area contributed by atoms with Gasteiger partial charge in [-0.2, -0.15) is 0 Å². The van der Waals surface area contributed by atoms with E-state index in [0.717, 1.165) is 21.2 Å². The Labute approximate surface area is 119 Å². The minimum Gasteiger partial charge on any atom is -0.327 e. The van der Waals surface area contributed by atoms with E-state index in [0.29, 0.717) is 11.4 Å². The first-order chi connectivity index (χ1) is 8.54. The Kier molecular flexibility index (Phi) is 4.62. The van der Waals surface area contributed by atoms with Crippen LogP contribution in [0.25, 0.3) is 0 Å². The normalized spacial score (nSPS) is 12.7. The monoisotopic (exact) mass is 303 g/mol. The second kappa shape index (κ2) is 6.02. The first-order valence-corrected chi connectivity index (χ1v) is 7.05. The lowest BCUT2D eigenvalue weighted by Crippen LogP contribution is -2.25. The lowest BCUT2D eigenvalue weighted by atomic mass is 10.0. The first-order valence-electron chi connectivity index (χ1n) is 5.48. The average molecular weight is 304 g/mol. The van der Waals surface area contributed by atoms with Crippen molar-refractivity contribution in [3.63, 3.8) is 0 Å². The van der Waals surface area contributed by atoms with Gasteiger partial charge in [-0.1, -0.05) is 29.3 Å². The Morgan fingerprint density at radius 1 is 1.17 bits per heavy atom. The van der Waals surface area contributed by atoms with Crippen LogP contribution in [0.4, 0.5) is 4.39 Å². The Morgan fingerprint density at radius 2 is 1.94 bits per heavy atom. The largest absolute Gasteiger partial charge is 0.327 e. The molecule has 1 aromatic carbocycles. The molecule has 0 amide bonds. The van der Waals surface area contributed by atoms with Crippen molar-refractivity contribution in [2.24, 2.45) is 5.73 Å². The summed E-state index contributed by atoms with van der Waals surface area (Å²) in [6.07, 6.45) is 1.36. The van der Waals surface area contributed by atoms with Crippen molar-refractivity contribution in [1.82, 2.24) is 0 Å². The number of hydrogen-bond acceptors (Lipinski definition) is 2. The third kappa shape index (κ3) is 3.69. The Hall–Kier alpha value is -0.610.